The Hall–Kier alpha value is -1.57. The predicted octanol–water partition coefficient (Wildman–Crippen LogP) is 2.27. The SMILES string of the molecule is CC1C(C(=O)O)=Cc2ccccc21. The molecule has 0 fully saturated rings. The van der Waals surface area contributed by atoms with Crippen molar-refractivity contribution < 1.29 is 9.90 Å². The number of carboxylic acids is 1. The van der Waals surface area contributed by atoms with E-state index >= 15 is 0 Å². The third-order valence-electron chi connectivity index (χ3n) is 2.49. The zero-order valence-electron chi connectivity index (χ0n) is 7.32. The van der Waals surface area contributed by atoms with E-state index in [-0.39, 0.29) is 5.92 Å². The Labute approximate surface area is 76.5 Å². The minimum atomic E-state index is -0.816. The van der Waals surface area contributed by atoms with Crippen LogP contribution in [0, 0.1) is 0 Å². The van der Waals surface area contributed by atoms with Crippen molar-refractivity contribution in [2.75, 3.05) is 0 Å². The van der Waals surface area contributed by atoms with Gasteiger partial charge in [0.05, 0.1) is 0 Å². The van der Waals surface area contributed by atoms with E-state index in [0.717, 1.165) is 11.1 Å². The molecule has 0 aromatic heterocycles. The lowest BCUT2D eigenvalue weighted by Crippen LogP contribution is -2.03. The second-order valence-corrected chi connectivity index (χ2v) is 3.26. The maximum absolute atomic E-state index is 10.8. The zero-order valence-corrected chi connectivity index (χ0v) is 7.32. The summed E-state index contributed by atoms with van der Waals surface area (Å²) in [6.07, 6.45) is 1.75. The molecule has 2 nitrogen and oxygen atoms in total. The number of carboxylic acid groups (broad SMARTS) is 1. The molecule has 0 spiro atoms. The lowest BCUT2D eigenvalue weighted by Gasteiger charge is -2.06. The van der Waals surface area contributed by atoms with Crippen molar-refractivity contribution in [3.8, 4) is 0 Å². The molecule has 0 saturated heterocycles. The van der Waals surface area contributed by atoms with Gasteiger partial charge in [-0.3, -0.25) is 0 Å². The van der Waals surface area contributed by atoms with E-state index in [0.29, 0.717) is 5.57 Å². The van der Waals surface area contributed by atoms with Crippen LogP contribution in [-0.4, -0.2) is 11.1 Å². The fourth-order valence-electron chi connectivity index (χ4n) is 1.74. The highest BCUT2D eigenvalue weighted by atomic mass is 16.4. The van der Waals surface area contributed by atoms with Crippen LogP contribution in [0.15, 0.2) is 29.8 Å². The van der Waals surface area contributed by atoms with Crippen molar-refractivity contribution in [1.29, 1.82) is 0 Å². The Balaban J connectivity index is 2.50. The van der Waals surface area contributed by atoms with Gasteiger partial charge in [0.1, 0.15) is 0 Å². The molecule has 0 heterocycles. The summed E-state index contributed by atoms with van der Waals surface area (Å²) >= 11 is 0. The molecule has 2 rings (SSSR count). The summed E-state index contributed by atoms with van der Waals surface area (Å²) in [4.78, 5) is 10.8. The largest absolute Gasteiger partial charge is 0.478 e. The number of fused-ring (bicyclic) bond motifs is 1. The summed E-state index contributed by atoms with van der Waals surface area (Å²) in [5.41, 5.74) is 2.63. The molecule has 1 atom stereocenters. The van der Waals surface area contributed by atoms with Crippen molar-refractivity contribution in [1.82, 2.24) is 0 Å². The Morgan fingerprint density at radius 3 is 2.69 bits per heavy atom. The minimum absolute atomic E-state index is 0.0219. The maximum Gasteiger partial charge on any atom is 0.332 e. The van der Waals surface area contributed by atoms with Crippen molar-refractivity contribution >= 4 is 12.0 Å². The van der Waals surface area contributed by atoms with E-state index in [1.165, 1.54) is 0 Å². The van der Waals surface area contributed by atoms with Gasteiger partial charge in [-0.15, -0.1) is 0 Å². The average molecular weight is 174 g/mol. The molecule has 2 heteroatoms. The fraction of sp³-hybridized carbons (Fsp3) is 0.182. The van der Waals surface area contributed by atoms with Gasteiger partial charge >= 0.3 is 5.97 Å². The average Bonchev–Trinajstić information content (AvgIpc) is 2.45. The number of carbonyl (C=O) groups is 1. The third kappa shape index (κ3) is 1.15. The van der Waals surface area contributed by atoms with E-state index < -0.39 is 5.97 Å². The number of hydrogen-bond donors (Lipinski definition) is 1. The zero-order chi connectivity index (χ0) is 9.42. The van der Waals surface area contributed by atoms with Gasteiger partial charge in [0, 0.05) is 11.5 Å². The molecule has 0 bridgehead atoms. The lowest BCUT2D eigenvalue weighted by atomic mass is 9.98. The van der Waals surface area contributed by atoms with Crippen molar-refractivity contribution in [3.63, 3.8) is 0 Å². The lowest BCUT2D eigenvalue weighted by molar-refractivity contribution is -0.132. The topological polar surface area (TPSA) is 37.3 Å². The number of rotatable bonds is 1. The van der Waals surface area contributed by atoms with E-state index in [4.69, 9.17) is 5.11 Å². The highest BCUT2D eigenvalue weighted by molar-refractivity contribution is 5.96. The first-order chi connectivity index (χ1) is 6.20. The van der Waals surface area contributed by atoms with Gasteiger partial charge in [-0.25, -0.2) is 4.79 Å². The maximum atomic E-state index is 10.8. The number of hydrogen-bond acceptors (Lipinski definition) is 1. The van der Waals surface area contributed by atoms with Crippen LogP contribution in [-0.2, 0) is 4.79 Å². The Bertz CT molecular complexity index is 391. The summed E-state index contributed by atoms with van der Waals surface area (Å²) in [7, 11) is 0. The van der Waals surface area contributed by atoms with Gasteiger partial charge in [0.15, 0.2) is 0 Å². The molecule has 0 amide bonds. The molecule has 1 aromatic rings. The van der Waals surface area contributed by atoms with Crippen molar-refractivity contribution in [2.24, 2.45) is 0 Å². The molecule has 0 aliphatic heterocycles. The van der Waals surface area contributed by atoms with Crippen molar-refractivity contribution in [3.05, 3.63) is 41.0 Å². The third-order valence-corrected chi connectivity index (χ3v) is 2.49. The number of benzene rings is 1. The van der Waals surface area contributed by atoms with E-state index in [1.54, 1.807) is 6.08 Å². The molecule has 1 N–H and O–H groups in total. The van der Waals surface area contributed by atoms with Crippen LogP contribution in [0.25, 0.3) is 6.08 Å². The monoisotopic (exact) mass is 174 g/mol. The standard InChI is InChI=1S/C11H10O2/c1-7-9-5-3-2-4-8(9)6-10(7)11(12)13/h2-7H,1H3,(H,12,13). The first-order valence-electron chi connectivity index (χ1n) is 4.24. The van der Waals surface area contributed by atoms with E-state index in [1.807, 2.05) is 31.2 Å². The Morgan fingerprint density at radius 2 is 2.08 bits per heavy atom. The summed E-state index contributed by atoms with van der Waals surface area (Å²) in [6, 6.07) is 7.79. The number of aliphatic carboxylic acids is 1. The van der Waals surface area contributed by atoms with Gasteiger partial charge < -0.3 is 5.11 Å². The quantitative estimate of drug-likeness (QED) is 0.709. The van der Waals surface area contributed by atoms with Crippen LogP contribution >= 0.6 is 0 Å². The summed E-state index contributed by atoms with van der Waals surface area (Å²) in [5.74, 6) is -0.794. The molecule has 0 radical (unpaired) electrons. The minimum Gasteiger partial charge on any atom is -0.478 e. The van der Waals surface area contributed by atoms with Gasteiger partial charge in [0.25, 0.3) is 0 Å². The Morgan fingerprint density at radius 1 is 1.38 bits per heavy atom. The summed E-state index contributed by atoms with van der Waals surface area (Å²) in [6.45, 7) is 1.92. The van der Waals surface area contributed by atoms with Gasteiger partial charge in [0.2, 0.25) is 0 Å². The molecule has 66 valence electrons. The summed E-state index contributed by atoms with van der Waals surface area (Å²) < 4.78 is 0. The van der Waals surface area contributed by atoms with E-state index in [9.17, 15) is 4.79 Å². The van der Waals surface area contributed by atoms with Crippen LogP contribution in [0.2, 0.25) is 0 Å². The highest BCUT2D eigenvalue weighted by Gasteiger charge is 2.24. The van der Waals surface area contributed by atoms with Crippen LogP contribution in [0.4, 0.5) is 0 Å². The molecule has 0 saturated carbocycles. The molecule has 1 aromatic carbocycles. The first kappa shape index (κ1) is 8.05. The van der Waals surface area contributed by atoms with Crippen LogP contribution in [0.5, 0.6) is 0 Å². The van der Waals surface area contributed by atoms with Crippen LogP contribution in [0.3, 0.4) is 0 Å². The normalized spacial score (nSPS) is 19.5. The van der Waals surface area contributed by atoms with Gasteiger partial charge in [-0.2, -0.15) is 0 Å². The fourth-order valence-corrected chi connectivity index (χ4v) is 1.74. The van der Waals surface area contributed by atoms with Gasteiger partial charge in [-0.05, 0) is 17.2 Å². The highest BCUT2D eigenvalue weighted by Crippen LogP contribution is 2.35. The van der Waals surface area contributed by atoms with Crippen molar-refractivity contribution in [2.45, 2.75) is 12.8 Å². The second kappa shape index (κ2) is 2.73. The predicted molar refractivity (Wildman–Crippen MR) is 50.5 cm³/mol. The molecule has 1 unspecified atom stereocenters. The molecular weight excluding hydrogens is 164 g/mol. The smallest absolute Gasteiger partial charge is 0.332 e. The molecule has 1 aliphatic rings. The Kier molecular flexibility index (Phi) is 1.69. The van der Waals surface area contributed by atoms with Crippen LogP contribution < -0.4 is 0 Å². The molecule has 13 heavy (non-hydrogen) atoms. The van der Waals surface area contributed by atoms with Gasteiger partial charge in [-0.1, -0.05) is 31.2 Å². The van der Waals surface area contributed by atoms with E-state index in [2.05, 4.69) is 0 Å². The first-order valence-corrected chi connectivity index (χ1v) is 4.24. The molecular formula is C11H10O2. The summed E-state index contributed by atoms with van der Waals surface area (Å²) in [5, 5.41) is 8.89. The molecule has 1 aliphatic carbocycles. The second-order valence-electron chi connectivity index (χ2n) is 3.26. The van der Waals surface area contributed by atoms with Crippen LogP contribution in [0.1, 0.15) is 24.0 Å².